The van der Waals surface area contributed by atoms with Gasteiger partial charge in [0.2, 0.25) is 0 Å². The maximum atomic E-state index is 13.3. The molecule has 0 radical (unpaired) electrons. The van der Waals surface area contributed by atoms with Gasteiger partial charge in [-0.25, -0.2) is 13.5 Å². The van der Waals surface area contributed by atoms with Crippen LogP contribution in [0.4, 0.5) is 8.78 Å². The van der Waals surface area contributed by atoms with Crippen LogP contribution in [0.1, 0.15) is 34.7 Å². The van der Waals surface area contributed by atoms with Crippen LogP contribution >= 0.6 is 0 Å². The monoisotopic (exact) mass is 367 g/mol. The zero-order valence-electron chi connectivity index (χ0n) is 14.7. The summed E-state index contributed by atoms with van der Waals surface area (Å²) in [5.74, 6) is -0.490. The van der Waals surface area contributed by atoms with Gasteiger partial charge >= 0.3 is 0 Å². The number of nitrogens with zero attached hydrogens (tertiary/aromatic N) is 3. The topological polar surface area (TPSA) is 38.1 Å². The molecule has 2 heterocycles. The van der Waals surface area contributed by atoms with Crippen LogP contribution in [-0.4, -0.2) is 33.7 Å². The van der Waals surface area contributed by atoms with Crippen LogP contribution in [0.15, 0.2) is 60.9 Å². The van der Waals surface area contributed by atoms with E-state index >= 15 is 0 Å². The average Bonchev–Trinajstić information content (AvgIpc) is 3.18. The van der Waals surface area contributed by atoms with Gasteiger partial charge in [-0.05, 0) is 66.8 Å². The van der Waals surface area contributed by atoms with Crippen molar-refractivity contribution in [3.8, 4) is 5.69 Å². The van der Waals surface area contributed by atoms with E-state index in [9.17, 15) is 13.6 Å². The second kappa shape index (κ2) is 7.31. The Morgan fingerprint density at radius 3 is 2.44 bits per heavy atom. The Kier molecular flexibility index (Phi) is 4.71. The zero-order chi connectivity index (χ0) is 18.8. The maximum Gasteiger partial charge on any atom is 0.253 e. The summed E-state index contributed by atoms with van der Waals surface area (Å²) in [5.41, 5.74) is 2.30. The van der Waals surface area contributed by atoms with Crippen molar-refractivity contribution in [3.05, 3.63) is 83.7 Å². The summed E-state index contributed by atoms with van der Waals surface area (Å²) in [6, 6.07) is 12.0. The van der Waals surface area contributed by atoms with Crippen LogP contribution in [0.25, 0.3) is 5.69 Å². The summed E-state index contributed by atoms with van der Waals surface area (Å²) in [4.78, 5) is 14.3. The van der Waals surface area contributed by atoms with E-state index in [0.717, 1.165) is 24.1 Å². The van der Waals surface area contributed by atoms with Gasteiger partial charge in [-0.1, -0.05) is 6.07 Å². The molecule has 2 aromatic carbocycles. The first-order chi connectivity index (χ1) is 13.1. The van der Waals surface area contributed by atoms with E-state index in [1.165, 1.54) is 24.3 Å². The molecule has 0 spiro atoms. The zero-order valence-corrected chi connectivity index (χ0v) is 14.7. The second-order valence-corrected chi connectivity index (χ2v) is 6.77. The molecule has 1 saturated heterocycles. The normalized spacial score (nSPS) is 15.1. The van der Waals surface area contributed by atoms with E-state index in [1.54, 1.807) is 33.8 Å². The summed E-state index contributed by atoms with van der Waals surface area (Å²) < 4.78 is 28.1. The lowest BCUT2D eigenvalue weighted by molar-refractivity contribution is 0.0712. The first-order valence-electron chi connectivity index (χ1n) is 8.95. The standard InChI is InChI=1S/C21H19F2N3O/c22-18-4-6-20(7-5-18)26-14-17(13-24-26)15-8-10-25(11-9-15)21(27)16-2-1-3-19(23)12-16/h1-7,12-15H,8-11H2. The van der Waals surface area contributed by atoms with Crippen molar-refractivity contribution in [3.63, 3.8) is 0 Å². The minimum Gasteiger partial charge on any atom is -0.339 e. The summed E-state index contributed by atoms with van der Waals surface area (Å²) in [6.45, 7) is 1.25. The average molecular weight is 367 g/mol. The predicted octanol–water partition coefficient (Wildman–Crippen LogP) is 4.17. The predicted molar refractivity (Wildman–Crippen MR) is 97.8 cm³/mol. The first kappa shape index (κ1) is 17.4. The molecule has 0 N–H and O–H groups in total. The first-order valence-corrected chi connectivity index (χ1v) is 8.95. The lowest BCUT2D eigenvalue weighted by Gasteiger charge is -2.31. The van der Waals surface area contributed by atoms with Crippen molar-refractivity contribution >= 4 is 5.91 Å². The summed E-state index contributed by atoms with van der Waals surface area (Å²) in [7, 11) is 0. The Morgan fingerprint density at radius 2 is 1.74 bits per heavy atom. The Balaban J connectivity index is 1.41. The quantitative estimate of drug-likeness (QED) is 0.697. The lowest BCUT2D eigenvalue weighted by Crippen LogP contribution is -2.37. The molecule has 0 bridgehead atoms. The number of carbonyl (C=O) groups excluding carboxylic acids is 1. The summed E-state index contributed by atoms with van der Waals surface area (Å²) in [5, 5.41) is 4.37. The van der Waals surface area contributed by atoms with E-state index in [2.05, 4.69) is 5.10 Å². The van der Waals surface area contributed by atoms with Crippen molar-refractivity contribution in [2.75, 3.05) is 13.1 Å². The largest absolute Gasteiger partial charge is 0.339 e. The number of hydrogen-bond acceptors (Lipinski definition) is 2. The highest BCUT2D eigenvalue weighted by Gasteiger charge is 2.25. The molecule has 3 aromatic rings. The number of amides is 1. The summed E-state index contributed by atoms with van der Waals surface area (Å²) >= 11 is 0. The molecular formula is C21H19F2N3O. The van der Waals surface area contributed by atoms with Crippen LogP contribution in [0, 0.1) is 11.6 Å². The second-order valence-electron chi connectivity index (χ2n) is 6.77. The number of halogens is 2. The third-order valence-corrected chi connectivity index (χ3v) is 5.02. The number of carbonyl (C=O) groups is 1. The molecule has 1 aliphatic rings. The van der Waals surface area contributed by atoms with Crippen LogP contribution < -0.4 is 0 Å². The molecule has 0 unspecified atom stereocenters. The third-order valence-electron chi connectivity index (χ3n) is 5.02. The fourth-order valence-corrected chi connectivity index (χ4v) is 3.50. The van der Waals surface area contributed by atoms with Crippen LogP contribution in [-0.2, 0) is 0 Å². The maximum absolute atomic E-state index is 13.3. The molecule has 0 saturated carbocycles. The number of rotatable bonds is 3. The molecule has 138 valence electrons. The van der Waals surface area contributed by atoms with Gasteiger partial charge < -0.3 is 4.90 Å². The van der Waals surface area contributed by atoms with Crippen molar-refractivity contribution in [2.45, 2.75) is 18.8 Å². The Labute approximate surface area is 156 Å². The number of aromatic nitrogens is 2. The van der Waals surface area contributed by atoms with Gasteiger partial charge in [-0.15, -0.1) is 0 Å². The molecule has 1 fully saturated rings. The Hall–Kier alpha value is -3.02. The van der Waals surface area contributed by atoms with Gasteiger partial charge in [0, 0.05) is 24.8 Å². The fraction of sp³-hybridized carbons (Fsp3) is 0.238. The SMILES string of the molecule is O=C(c1cccc(F)c1)N1CCC(c2cnn(-c3ccc(F)cc3)c2)CC1. The number of likely N-dealkylation sites (tertiary alicyclic amines) is 1. The van der Waals surface area contributed by atoms with Gasteiger partial charge in [0.05, 0.1) is 11.9 Å². The number of benzene rings is 2. The van der Waals surface area contributed by atoms with E-state index in [4.69, 9.17) is 0 Å². The van der Waals surface area contributed by atoms with Gasteiger partial charge in [0.15, 0.2) is 0 Å². The Morgan fingerprint density at radius 1 is 1.00 bits per heavy atom. The van der Waals surface area contributed by atoms with Gasteiger partial charge in [0.25, 0.3) is 5.91 Å². The molecule has 0 aliphatic carbocycles. The minimum atomic E-state index is -0.399. The van der Waals surface area contributed by atoms with Crippen molar-refractivity contribution < 1.29 is 13.6 Å². The highest BCUT2D eigenvalue weighted by Crippen LogP contribution is 2.29. The molecule has 0 atom stereocenters. The lowest BCUT2D eigenvalue weighted by atomic mass is 9.91. The smallest absolute Gasteiger partial charge is 0.253 e. The molecule has 1 aromatic heterocycles. The molecule has 4 nitrogen and oxygen atoms in total. The van der Waals surface area contributed by atoms with E-state index in [-0.39, 0.29) is 11.7 Å². The van der Waals surface area contributed by atoms with Gasteiger partial charge in [-0.2, -0.15) is 5.10 Å². The molecule has 4 rings (SSSR count). The molecule has 27 heavy (non-hydrogen) atoms. The van der Waals surface area contributed by atoms with Crippen molar-refractivity contribution in [1.29, 1.82) is 0 Å². The Bertz CT molecular complexity index is 944. The van der Waals surface area contributed by atoms with E-state index in [1.807, 2.05) is 12.4 Å². The highest BCUT2D eigenvalue weighted by molar-refractivity contribution is 5.94. The van der Waals surface area contributed by atoms with Crippen LogP contribution in [0.2, 0.25) is 0 Å². The third kappa shape index (κ3) is 3.74. The van der Waals surface area contributed by atoms with Crippen molar-refractivity contribution in [2.24, 2.45) is 0 Å². The van der Waals surface area contributed by atoms with E-state index in [0.29, 0.717) is 24.6 Å². The van der Waals surface area contributed by atoms with Gasteiger partial charge in [-0.3, -0.25) is 4.79 Å². The molecular weight excluding hydrogens is 348 g/mol. The van der Waals surface area contributed by atoms with Crippen molar-refractivity contribution in [1.82, 2.24) is 14.7 Å². The van der Waals surface area contributed by atoms with Crippen LogP contribution in [0.5, 0.6) is 0 Å². The minimum absolute atomic E-state index is 0.130. The van der Waals surface area contributed by atoms with Gasteiger partial charge in [0.1, 0.15) is 11.6 Å². The molecule has 6 heteroatoms. The fourth-order valence-electron chi connectivity index (χ4n) is 3.50. The van der Waals surface area contributed by atoms with E-state index < -0.39 is 5.82 Å². The molecule has 1 amide bonds. The number of piperidine rings is 1. The summed E-state index contributed by atoms with van der Waals surface area (Å²) in [6.07, 6.45) is 5.45. The highest BCUT2D eigenvalue weighted by atomic mass is 19.1. The number of hydrogen-bond donors (Lipinski definition) is 0. The molecule has 1 aliphatic heterocycles. The van der Waals surface area contributed by atoms with Crippen LogP contribution in [0.3, 0.4) is 0 Å².